The molecule has 0 radical (unpaired) electrons. The Hall–Kier alpha value is -3.81. The highest BCUT2D eigenvalue weighted by molar-refractivity contribution is 8.00. The number of nitrogen functional groups attached to an aromatic ring is 1. The number of hydrogen-bond acceptors (Lipinski definition) is 6. The fourth-order valence-electron chi connectivity index (χ4n) is 3.29. The Labute approximate surface area is 192 Å². The summed E-state index contributed by atoms with van der Waals surface area (Å²) in [7, 11) is 0. The Morgan fingerprint density at radius 3 is 2.38 bits per heavy atom. The van der Waals surface area contributed by atoms with E-state index in [1.165, 1.54) is 11.8 Å². The lowest BCUT2D eigenvalue weighted by atomic mass is 9.96. The first-order chi connectivity index (χ1) is 15.4. The second kappa shape index (κ2) is 10.00. The lowest BCUT2D eigenvalue weighted by Crippen LogP contribution is -2.25. The van der Waals surface area contributed by atoms with Crippen molar-refractivity contribution in [1.29, 1.82) is 10.5 Å². The van der Waals surface area contributed by atoms with Gasteiger partial charge in [0.05, 0.1) is 10.8 Å². The molecule has 0 aliphatic carbocycles. The van der Waals surface area contributed by atoms with Gasteiger partial charge in [-0.05, 0) is 43.5 Å². The van der Waals surface area contributed by atoms with Gasteiger partial charge >= 0.3 is 0 Å². The first-order valence-electron chi connectivity index (χ1n) is 10.1. The summed E-state index contributed by atoms with van der Waals surface area (Å²) < 4.78 is 0. The van der Waals surface area contributed by atoms with E-state index in [2.05, 4.69) is 22.4 Å². The maximum atomic E-state index is 12.9. The number of rotatable bonds is 6. The van der Waals surface area contributed by atoms with Crippen molar-refractivity contribution in [3.05, 3.63) is 70.8 Å². The Morgan fingerprint density at radius 2 is 1.78 bits per heavy atom. The minimum Gasteiger partial charge on any atom is -0.383 e. The van der Waals surface area contributed by atoms with Crippen LogP contribution in [0.1, 0.15) is 35.6 Å². The highest BCUT2D eigenvalue weighted by Crippen LogP contribution is 2.37. The van der Waals surface area contributed by atoms with Gasteiger partial charge in [0, 0.05) is 11.3 Å². The van der Waals surface area contributed by atoms with E-state index in [0.29, 0.717) is 28.3 Å². The molecule has 0 aliphatic heterocycles. The van der Waals surface area contributed by atoms with Gasteiger partial charge in [-0.2, -0.15) is 10.5 Å². The molecule has 3 rings (SSSR count). The van der Waals surface area contributed by atoms with E-state index in [4.69, 9.17) is 5.73 Å². The average molecular weight is 442 g/mol. The van der Waals surface area contributed by atoms with Crippen LogP contribution in [0.25, 0.3) is 11.1 Å². The van der Waals surface area contributed by atoms with Crippen LogP contribution in [0.3, 0.4) is 0 Å². The Kier molecular flexibility index (Phi) is 7.14. The number of anilines is 2. The molecule has 160 valence electrons. The summed E-state index contributed by atoms with van der Waals surface area (Å²) in [4.78, 5) is 17.3. The maximum absolute atomic E-state index is 12.9. The van der Waals surface area contributed by atoms with Crippen molar-refractivity contribution in [2.75, 3.05) is 11.1 Å². The smallest absolute Gasteiger partial charge is 0.237 e. The quantitative estimate of drug-likeness (QED) is 0.508. The number of amides is 1. The summed E-state index contributed by atoms with van der Waals surface area (Å²) in [5.41, 5.74) is 10.5. The molecule has 3 aromatic rings. The molecule has 7 heteroatoms. The molecule has 1 heterocycles. The minimum atomic E-state index is -0.492. The number of nitrogens with two attached hydrogens (primary N) is 1. The molecule has 0 saturated heterocycles. The molecule has 0 saturated carbocycles. The van der Waals surface area contributed by atoms with Crippen LogP contribution in [0, 0.1) is 36.5 Å². The lowest BCUT2D eigenvalue weighted by Gasteiger charge is -2.18. The van der Waals surface area contributed by atoms with E-state index >= 15 is 0 Å². The van der Waals surface area contributed by atoms with Crippen LogP contribution in [-0.4, -0.2) is 16.1 Å². The Morgan fingerprint density at radius 1 is 1.09 bits per heavy atom. The van der Waals surface area contributed by atoms with E-state index < -0.39 is 5.25 Å². The van der Waals surface area contributed by atoms with Gasteiger partial charge in [-0.3, -0.25) is 4.79 Å². The van der Waals surface area contributed by atoms with Crippen molar-refractivity contribution >= 4 is 29.2 Å². The van der Waals surface area contributed by atoms with Crippen molar-refractivity contribution < 1.29 is 4.79 Å². The monoisotopic (exact) mass is 441 g/mol. The molecule has 6 nitrogen and oxygen atoms in total. The number of nitrogens with zero attached hydrogens (tertiary/aromatic N) is 3. The highest BCUT2D eigenvalue weighted by atomic mass is 32.2. The molecule has 0 fully saturated rings. The van der Waals surface area contributed by atoms with E-state index in [1.54, 1.807) is 0 Å². The maximum Gasteiger partial charge on any atom is 0.237 e. The molecule has 1 amide bonds. The number of aromatic nitrogens is 1. The van der Waals surface area contributed by atoms with Gasteiger partial charge in [0.15, 0.2) is 0 Å². The van der Waals surface area contributed by atoms with Crippen LogP contribution in [0.4, 0.5) is 11.5 Å². The fourth-order valence-corrected chi connectivity index (χ4v) is 4.31. The third kappa shape index (κ3) is 4.91. The summed E-state index contributed by atoms with van der Waals surface area (Å²) in [6, 6.07) is 19.3. The molecule has 0 spiro atoms. The number of pyridine rings is 1. The zero-order valence-corrected chi connectivity index (χ0v) is 19.0. The molecule has 3 N–H and O–H groups in total. The number of hydrogen-bond donors (Lipinski definition) is 2. The molecular formula is C25H23N5OS. The van der Waals surface area contributed by atoms with Crippen LogP contribution in [0.5, 0.6) is 0 Å². The highest BCUT2D eigenvalue weighted by Gasteiger charge is 2.25. The van der Waals surface area contributed by atoms with Gasteiger partial charge in [-0.15, -0.1) is 0 Å². The van der Waals surface area contributed by atoms with Gasteiger partial charge in [-0.25, -0.2) is 4.98 Å². The molecule has 1 unspecified atom stereocenters. The number of carbonyl (C=O) groups excluding carboxylic acids is 1. The van der Waals surface area contributed by atoms with Crippen molar-refractivity contribution in [1.82, 2.24) is 4.98 Å². The van der Waals surface area contributed by atoms with Gasteiger partial charge in [-0.1, -0.05) is 60.6 Å². The van der Waals surface area contributed by atoms with E-state index in [9.17, 15) is 15.3 Å². The fraction of sp³-hybridized carbons (Fsp3) is 0.200. The standard InChI is InChI=1S/C25H23N5OS/c1-4-21(24(31)29-18-7-5-6-16(3)12-18)32-25-20(14-27)22(19(13-26)23(28)30-25)17-10-8-15(2)9-11-17/h5-12,21H,4H2,1-3H3,(H2,28,30)(H,29,31). The summed E-state index contributed by atoms with van der Waals surface area (Å²) in [5.74, 6) is -0.146. The van der Waals surface area contributed by atoms with Crippen LogP contribution >= 0.6 is 11.8 Å². The number of thioether (sulfide) groups is 1. The predicted octanol–water partition coefficient (Wildman–Crippen LogP) is 5.20. The zero-order chi connectivity index (χ0) is 23.3. The van der Waals surface area contributed by atoms with Crippen LogP contribution in [0.15, 0.2) is 53.6 Å². The minimum absolute atomic E-state index is 0.0403. The van der Waals surface area contributed by atoms with Crippen LogP contribution < -0.4 is 11.1 Å². The van der Waals surface area contributed by atoms with E-state index in [-0.39, 0.29) is 22.9 Å². The summed E-state index contributed by atoms with van der Waals surface area (Å²) >= 11 is 1.18. The Balaban J connectivity index is 2.01. The van der Waals surface area contributed by atoms with Crippen molar-refractivity contribution in [2.24, 2.45) is 0 Å². The lowest BCUT2D eigenvalue weighted by molar-refractivity contribution is -0.115. The third-order valence-electron chi connectivity index (χ3n) is 4.96. The normalized spacial score (nSPS) is 11.3. The van der Waals surface area contributed by atoms with Crippen LogP contribution in [0.2, 0.25) is 0 Å². The van der Waals surface area contributed by atoms with Crippen molar-refractivity contribution in [2.45, 2.75) is 37.5 Å². The molecule has 0 bridgehead atoms. The second-order valence-corrected chi connectivity index (χ2v) is 8.58. The summed E-state index contributed by atoms with van der Waals surface area (Å²) in [6.45, 7) is 5.81. The van der Waals surface area contributed by atoms with E-state index in [0.717, 1.165) is 11.1 Å². The van der Waals surface area contributed by atoms with Gasteiger partial charge < -0.3 is 11.1 Å². The molecule has 2 aromatic carbocycles. The number of nitriles is 2. The van der Waals surface area contributed by atoms with Gasteiger partial charge in [0.25, 0.3) is 0 Å². The summed E-state index contributed by atoms with van der Waals surface area (Å²) in [6.07, 6.45) is 0.522. The second-order valence-electron chi connectivity index (χ2n) is 7.39. The molecule has 1 atom stereocenters. The third-order valence-corrected chi connectivity index (χ3v) is 6.31. The summed E-state index contributed by atoms with van der Waals surface area (Å²) in [5, 5.41) is 22.4. The number of aryl methyl sites for hydroxylation is 2. The number of benzene rings is 2. The van der Waals surface area contributed by atoms with E-state index in [1.807, 2.05) is 69.3 Å². The molecule has 32 heavy (non-hydrogen) atoms. The zero-order valence-electron chi connectivity index (χ0n) is 18.1. The first kappa shape index (κ1) is 22.9. The van der Waals surface area contributed by atoms with Gasteiger partial charge in [0.2, 0.25) is 5.91 Å². The molecular weight excluding hydrogens is 418 g/mol. The van der Waals surface area contributed by atoms with Crippen LogP contribution in [-0.2, 0) is 4.79 Å². The largest absolute Gasteiger partial charge is 0.383 e. The average Bonchev–Trinajstić information content (AvgIpc) is 2.77. The SMILES string of the molecule is CCC(Sc1nc(N)c(C#N)c(-c2ccc(C)cc2)c1C#N)C(=O)Nc1cccc(C)c1. The van der Waals surface area contributed by atoms with Crippen molar-refractivity contribution in [3.63, 3.8) is 0 Å². The number of nitrogens with one attached hydrogen (secondary N) is 1. The first-order valence-corrected chi connectivity index (χ1v) is 11.0. The molecule has 0 aliphatic rings. The Bertz CT molecular complexity index is 1240. The van der Waals surface area contributed by atoms with Crippen molar-refractivity contribution in [3.8, 4) is 23.3 Å². The predicted molar refractivity (Wildman–Crippen MR) is 128 cm³/mol. The van der Waals surface area contributed by atoms with Gasteiger partial charge in [0.1, 0.15) is 28.5 Å². The topological polar surface area (TPSA) is 116 Å². The number of carbonyl (C=O) groups is 1. The molecule has 1 aromatic heterocycles.